The third kappa shape index (κ3) is 2.46. The molecule has 1 atom stereocenters. The fourth-order valence-electron chi connectivity index (χ4n) is 2.57. The molecule has 5 nitrogen and oxygen atoms in total. The quantitative estimate of drug-likeness (QED) is 0.872. The second-order valence-corrected chi connectivity index (χ2v) is 5.01. The summed E-state index contributed by atoms with van der Waals surface area (Å²) < 4.78 is 2.00. The van der Waals surface area contributed by atoms with Crippen LogP contribution in [0.1, 0.15) is 36.1 Å². The van der Waals surface area contributed by atoms with Gasteiger partial charge < -0.3 is 10.8 Å². The Morgan fingerprint density at radius 2 is 2.11 bits per heavy atom. The van der Waals surface area contributed by atoms with Crippen LogP contribution >= 0.6 is 0 Å². The normalized spacial score (nSPS) is 18.3. The fraction of sp³-hybridized carbons (Fsp3) is 0.429. The Morgan fingerprint density at radius 1 is 1.32 bits per heavy atom. The van der Waals surface area contributed by atoms with Crippen LogP contribution in [0.15, 0.2) is 24.3 Å². The number of phenolic OH excluding ortho intramolecular Hbond substituents is 1. The van der Waals surface area contributed by atoms with E-state index in [9.17, 15) is 5.11 Å². The van der Waals surface area contributed by atoms with Gasteiger partial charge in [0.05, 0.1) is 6.04 Å². The lowest BCUT2D eigenvalue weighted by Crippen LogP contribution is -2.25. The second kappa shape index (κ2) is 5.01. The highest BCUT2D eigenvalue weighted by Gasteiger charge is 2.21. The molecule has 0 spiro atoms. The van der Waals surface area contributed by atoms with E-state index in [0.29, 0.717) is 19.0 Å². The van der Waals surface area contributed by atoms with Crippen LogP contribution in [0.3, 0.4) is 0 Å². The molecule has 1 unspecified atom stereocenters. The molecule has 0 amide bonds. The monoisotopic (exact) mass is 258 g/mol. The predicted octanol–water partition coefficient (Wildman–Crippen LogP) is 1.41. The highest BCUT2D eigenvalue weighted by molar-refractivity contribution is 5.27. The number of aromatic nitrogens is 3. The van der Waals surface area contributed by atoms with Crippen molar-refractivity contribution in [2.24, 2.45) is 5.73 Å². The third-order valence-corrected chi connectivity index (χ3v) is 3.60. The first-order chi connectivity index (χ1) is 9.26. The molecule has 1 aromatic heterocycles. The first-order valence-electron chi connectivity index (χ1n) is 6.68. The van der Waals surface area contributed by atoms with Gasteiger partial charge in [-0.3, -0.25) is 0 Å². The van der Waals surface area contributed by atoms with Gasteiger partial charge in [-0.2, -0.15) is 5.10 Å². The van der Waals surface area contributed by atoms with Crippen molar-refractivity contribution in [2.45, 2.75) is 31.7 Å². The van der Waals surface area contributed by atoms with Crippen molar-refractivity contribution >= 4 is 0 Å². The van der Waals surface area contributed by atoms with Crippen LogP contribution in [0.5, 0.6) is 5.75 Å². The van der Waals surface area contributed by atoms with Gasteiger partial charge in [0.15, 0.2) is 5.82 Å². The number of nitrogens with two attached hydrogens (primary N) is 1. The number of aromatic hydroxyl groups is 1. The average molecular weight is 258 g/mol. The van der Waals surface area contributed by atoms with Crippen molar-refractivity contribution in [1.82, 2.24) is 14.8 Å². The minimum Gasteiger partial charge on any atom is -0.508 e. The Morgan fingerprint density at radius 3 is 2.84 bits per heavy atom. The molecular formula is C14H18N4O. The number of nitrogens with zero attached hydrogens (tertiary/aromatic N) is 3. The number of aryl methyl sites for hydroxylation is 1. The second-order valence-electron chi connectivity index (χ2n) is 5.01. The third-order valence-electron chi connectivity index (χ3n) is 3.60. The number of phenols is 1. The van der Waals surface area contributed by atoms with E-state index in [-0.39, 0.29) is 5.75 Å². The Kier molecular flexibility index (Phi) is 3.21. The number of hydrogen-bond acceptors (Lipinski definition) is 4. The van der Waals surface area contributed by atoms with Crippen molar-refractivity contribution in [3.05, 3.63) is 41.5 Å². The van der Waals surface area contributed by atoms with Crippen molar-refractivity contribution in [3.63, 3.8) is 0 Å². The Labute approximate surface area is 112 Å². The summed E-state index contributed by atoms with van der Waals surface area (Å²) in [6.45, 7) is 0.620. The molecule has 5 heteroatoms. The predicted molar refractivity (Wildman–Crippen MR) is 72.0 cm³/mol. The van der Waals surface area contributed by atoms with Gasteiger partial charge in [0.25, 0.3) is 0 Å². The van der Waals surface area contributed by atoms with Gasteiger partial charge in [0.1, 0.15) is 11.6 Å². The summed E-state index contributed by atoms with van der Waals surface area (Å²) in [4.78, 5) is 4.60. The lowest BCUT2D eigenvalue weighted by molar-refractivity contribution is 0.368. The first-order valence-corrected chi connectivity index (χ1v) is 6.68. The zero-order valence-electron chi connectivity index (χ0n) is 10.8. The maximum absolute atomic E-state index is 9.27. The van der Waals surface area contributed by atoms with Crippen molar-refractivity contribution in [1.29, 1.82) is 0 Å². The van der Waals surface area contributed by atoms with Crippen LogP contribution in [-0.2, 0) is 12.8 Å². The molecule has 3 rings (SSSR count). The average Bonchev–Trinajstić information content (AvgIpc) is 2.83. The van der Waals surface area contributed by atoms with Gasteiger partial charge in [0.2, 0.25) is 0 Å². The summed E-state index contributed by atoms with van der Waals surface area (Å²) in [5.41, 5.74) is 6.88. The van der Waals surface area contributed by atoms with Gasteiger partial charge >= 0.3 is 0 Å². The topological polar surface area (TPSA) is 77.0 Å². The largest absolute Gasteiger partial charge is 0.508 e. The van der Waals surface area contributed by atoms with E-state index >= 15 is 0 Å². The molecule has 100 valence electrons. The van der Waals surface area contributed by atoms with E-state index < -0.39 is 0 Å². The minimum atomic E-state index is 0.282. The summed E-state index contributed by atoms with van der Waals surface area (Å²) in [5.74, 6) is 2.17. The fourth-order valence-corrected chi connectivity index (χ4v) is 2.57. The SMILES string of the molecule is NCC1CCCc2nc(Cc3ccc(O)cc3)nn21. The highest BCUT2D eigenvalue weighted by atomic mass is 16.3. The van der Waals surface area contributed by atoms with Crippen LogP contribution in [0.2, 0.25) is 0 Å². The Hall–Kier alpha value is -1.88. The molecule has 0 radical (unpaired) electrons. The summed E-state index contributed by atoms with van der Waals surface area (Å²) >= 11 is 0. The molecule has 1 aromatic carbocycles. The molecule has 19 heavy (non-hydrogen) atoms. The first kappa shape index (κ1) is 12.2. The molecule has 0 fully saturated rings. The molecule has 3 N–H and O–H groups in total. The van der Waals surface area contributed by atoms with Crippen LogP contribution < -0.4 is 5.73 Å². The van der Waals surface area contributed by atoms with Gasteiger partial charge in [-0.05, 0) is 30.5 Å². The van der Waals surface area contributed by atoms with Gasteiger partial charge in [0, 0.05) is 19.4 Å². The molecule has 0 bridgehead atoms. The van der Waals surface area contributed by atoms with Crippen LogP contribution in [0.4, 0.5) is 0 Å². The van der Waals surface area contributed by atoms with Gasteiger partial charge in [-0.1, -0.05) is 12.1 Å². The van der Waals surface area contributed by atoms with Crippen molar-refractivity contribution < 1.29 is 5.11 Å². The summed E-state index contributed by atoms with van der Waals surface area (Å²) in [5, 5.41) is 13.9. The molecule has 0 aliphatic carbocycles. The van der Waals surface area contributed by atoms with Crippen LogP contribution in [0.25, 0.3) is 0 Å². The van der Waals surface area contributed by atoms with Crippen molar-refractivity contribution in [2.75, 3.05) is 6.54 Å². The number of benzene rings is 1. The zero-order chi connectivity index (χ0) is 13.2. The smallest absolute Gasteiger partial charge is 0.155 e. The minimum absolute atomic E-state index is 0.282. The van der Waals surface area contributed by atoms with Crippen LogP contribution in [0, 0.1) is 0 Å². The standard InChI is InChI=1S/C14H18N4O/c15-9-11-2-1-3-14-16-13(17-18(11)14)8-10-4-6-12(19)7-5-10/h4-7,11,19H,1-3,8-9,15H2. The number of rotatable bonds is 3. The molecule has 0 saturated heterocycles. The molecule has 1 aliphatic heterocycles. The molecule has 2 heterocycles. The van der Waals surface area contributed by atoms with Gasteiger partial charge in [-0.15, -0.1) is 0 Å². The van der Waals surface area contributed by atoms with Gasteiger partial charge in [-0.25, -0.2) is 9.67 Å². The van der Waals surface area contributed by atoms with E-state index in [4.69, 9.17) is 5.73 Å². The maximum atomic E-state index is 9.27. The number of hydrogen-bond donors (Lipinski definition) is 2. The van der Waals surface area contributed by atoms with Crippen LogP contribution in [-0.4, -0.2) is 26.4 Å². The Balaban J connectivity index is 1.82. The summed E-state index contributed by atoms with van der Waals surface area (Å²) in [6.07, 6.45) is 3.90. The number of fused-ring (bicyclic) bond motifs is 1. The maximum Gasteiger partial charge on any atom is 0.155 e. The Bertz CT molecular complexity index is 561. The molecule has 1 aliphatic rings. The van der Waals surface area contributed by atoms with Crippen molar-refractivity contribution in [3.8, 4) is 5.75 Å². The van der Waals surface area contributed by atoms with E-state index in [0.717, 1.165) is 36.5 Å². The summed E-state index contributed by atoms with van der Waals surface area (Å²) in [6, 6.07) is 7.47. The highest BCUT2D eigenvalue weighted by Crippen LogP contribution is 2.22. The summed E-state index contributed by atoms with van der Waals surface area (Å²) in [7, 11) is 0. The molecule has 2 aromatic rings. The van der Waals surface area contributed by atoms with E-state index in [2.05, 4.69) is 10.1 Å². The zero-order valence-corrected chi connectivity index (χ0v) is 10.8. The van der Waals surface area contributed by atoms with E-state index in [1.807, 2.05) is 16.8 Å². The molecule has 0 saturated carbocycles. The van der Waals surface area contributed by atoms with E-state index in [1.165, 1.54) is 0 Å². The van der Waals surface area contributed by atoms with E-state index in [1.54, 1.807) is 12.1 Å². The lowest BCUT2D eigenvalue weighted by Gasteiger charge is -2.21. The lowest BCUT2D eigenvalue weighted by atomic mass is 10.1. The molecular weight excluding hydrogens is 240 g/mol.